The van der Waals surface area contributed by atoms with E-state index in [1.807, 2.05) is 42.5 Å². The van der Waals surface area contributed by atoms with Crippen LogP contribution in [0.3, 0.4) is 0 Å². The topological polar surface area (TPSA) is 79.4 Å². The summed E-state index contributed by atoms with van der Waals surface area (Å²) in [5, 5.41) is 3.87. The molecule has 6 nitrogen and oxygen atoms in total. The van der Waals surface area contributed by atoms with Gasteiger partial charge in [0.05, 0.1) is 16.8 Å². The molecule has 1 aliphatic heterocycles. The second-order valence-electron chi connectivity index (χ2n) is 8.33. The number of hydrogen-bond donors (Lipinski definition) is 1. The van der Waals surface area contributed by atoms with Crippen molar-refractivity contribution >= 4 is 34.7 Å². The highest BCUT2D eigenvalue weighted by atomic mass is 32.1. The monoisotopic (exact) mass is 481 g/mol. The third-order valence-corrected chi connectivity index (χ3v) is 6.94. The van der Waals surface area contributed by atoms with Crippen LogP contribution in [0, 0.1) is 6.92 Å². The zero-order valence-electron chi connectivity index (χ0n) is 19.2. The van der Waals surface area contributed by atoms with Crippen molar-refractivity contribution in [3.8, 4) is 21.8 Å². The van der Waals surface area contributed by atoms with Crippen LogP contribution in [-0.2, 0) is 4.79 Å². The maximum Gasteiger partial charge on any atom is 0.261 e. The van der Waals surface area contributed by atoms with Gasteiger partial charge in [0.1, 0.15) is 5.01 Å². The zero-order valence-corrected chi connectivity index (χ0v) is 20.0. The number of benzene rings is 3. The number of thiazole rings is 1. The third kappa shape index (κ3) is 4.63. The van der Waals surface area contributed by atoms with Crippen molar-refractivity contribution in [1.82, 2.24) is 9.88 Å². The predicted octanol–water partition coefficient (Wildman–Crippen LogP) is 5.80. The standard InChI is InChI=1S/C28H23N3O3S/c1-18-25(30-26(35-18)20-8-3-2-4-9-20)19-13-15-21(16-14-19)29-24(32)12-7-17-31-27(33)22-10-5-6-11-23(22)28(31)34/h2-6,8-11,13-16H,7,12,17H2,1H3,(H,29,32). The smallest absolute Gasteiger partial charge is 0.261 e. The van der Waals surface area contributed by atoms with Gasteiger partial charge in [0.2, 0.25) is 5.91 Å². The van der Waals surface area contributed by atoms with Gasteiger partial charge in [-0.1, -0.05) is 54.6 Å². The Morgan fingerprint density at radius 1 is 0.857 bits per heavy atom. The molecule has 3 aromatic carbocycles. The first kappa shape index (κ1) is 22.7. The molecular formula is C28H23N3O3S. The Bertz CT molecular complexity index is 1380. The van der Waals surface area contributed by atoms with E-state index in [-0.39, 0.29) is 30.7 Å². The molecule has 5 rings (SSSR count). The van der Waals surface area contributed by atoms with Crippen LogP contribution in [-0.4, -0.2) is 34.2 Å². The van der Waals surface area contributed by atoms with Crippen molar-refractivity contribution in [1.29, 1.82) is 0 Å². The molecule has 4 aromatic rings. The Kier molecular flexibility index (Phi) is 6.25. The lowest BCUT2D eigenvalue weighted by atomic mass is 10.1. The highest BCUT2D eigenvalue weighted by Crippen LogP contribution is 2.33. The summed E-state index contributed by atoms with van der Waals surface area (Å²) < 4.78 is 0. The molecule has 0 unspecified atom stereocenters. The zero-order chi connectivity index (χ0) is 24.4. The van der Waals surface area contributed by atoms with Crippen LogP contribution in [0.15, 0.2) is 78.9 Å². The fourth-order valence-electron chi connectivity index (χ4n) is 4.14. The molecule has 1 aromatic heterocycles. The van der Waals surface area contributed by atoms with Crippen LogP contribution in [0.1, 0.15) is 38.4 Å². The molecule has 7 heteroatoms. The first-order valence-corrected chi connectivity index (χ1v) is 12.2. The van der Waals surface area contributed by atoms with Gasteiger partial charge in [-0.05, 0) is 37.6 Å². The van der Waals surface area contributed by atoms with E-state index >= 15 is 0 Å². The summed E-state index contributed by atoms with van der Waals surface area (Å²) >= 11 is 1.66. The minimum atomic E-state index is -0.297. The number of carbonyl (C=O) groups is 3. The lowest BCUT2D eigenvalue weighted by Crippen LogP contribution is -2.31. The van der Waals surface area contributed by atoms with Crippen LogP contribution in [0.5, 0.6) is 0 Å². The Hall–Kier alpha value is -4.10. The van der Waals surface area contributed by atoms with Gasteiger partial charge in [-0.3, -0.25) is 19.3 Å². The van der Waals surface area contributed by atoms with E-state index in [0.29, 0.717) is 23.2 Å². The van der Waals surface area contributed by atoms with Crippen molar-refractivity contribution in [2.24, 2.45) is 0 Å². The molecule has 3 amide bonds. The Morgan fingerprint density at radius 2 is 1.49 bits per heavy atom. The van der Waals surface area contributed by atoms with E-state index in [4.69, 9.17) is 4.98 Å². The van der Waals surface area contributed by atoms with Crippen LogP contribution in [0.4, 0.5) is 5.69 Å². The van der Waals surface area contributed by atoms with Crippen LogP contribution >= 0.6 is 11.3 Å². The van der Waals surface area contributed by atoms with Crippen molar-refractivity contribution in [2.45, 2.75) is 19.8 Å². The van der Waals surface area contributed by atoms with E-state index in [0.717, 1.165) is 26.7 Å². The lowest BCUT2D eigenvalue weighted by molar-refractivity contribution is -0.116. The van der Waals surface area contributed by atoms with Crippen molar-refractivity contribution < 1.29 is 14.4 Å². The molecule has 174 valence electrons. The van der Waals surface area contributed by atoms with Gasteiger partial charge in [-0.25, -0.2) is 4.98 Å². The molecule has 0 aliphatic carbocycles. The molecule has 0 saturated heterocycles. The molecule has 0 bridgehead atoms. The first-order valence-electron chi connectivity index (χ1n) is 11.4. The number of amides is 3. The van der Waals surface area contributed by atoms with Gasteiger partial charge < -0.3 is 5.32 Å². The molecule has 0 fully saturated rings. The van der Waals surface area contributed by atoms with Gasteiger partial charge >= 0.3 is 0 Å². The van der Waals surface area contributed by atoms with Gasteiger partial charge in [0.25, 0.3) is 11.8 Å². The van der Waals surface area contributed by atoms with Gasteiger partial charge in [0, 0.05) is 34.7 Å². The number of nitrogens with one attached hydrogen (secondary N) is 1. The van der Waals surface area contributed by atoms with Crippen LogP contribution < -0.4 is 5.32 Å². The number of anilines is 1. The number of nitrogens with zero attached hydrogens (tertiary/aromatic N) is 2. The number of imide groups is 1. The fraction of sp³-hybridized carbons (Fsp3) is 0.143. The number of carbonyl (C=O) groups excluding carboxylic acids is 3. The van der Waals surface area contributed by atoms with Crippen LogP contribution in [0.25, 0.3) is 21.8 Å². The van der Waals surface area contributed by atoms with E-state index < -0.39 is 0 Å². The molecule has 2 heterocycles. The fourth-order valence-corrected chi connectivity index (χ4v) is 5.08. The Balaban J connectivity index is 1.16. The lowest BCUT2D eigenvalue weighted by Gasteiger charge is -2.13. The third-order valence-electron chi connectivity index (χ3n) is 5.92. The number of rotatable bonds is 7. The Labute approximate surface area is 207 Å². The summed E-state index contributed by atoms with van der Waals surface area (Å²) in [6, 6.07) is 24.5. The molecule has 0 spiro atoms. The molecule has 35 heavy (non-hydrogen) atoms. The van der Waals surface area contributed by atoms with E-state index in [9.17, 15) is 14.4 Å². The first-order chi connectivity index (χ1) is 17.0. The number of aryl methyl sites for hydroxylation is 1. The maximum absolute atomic E-state index is 12.4. The van der Waals surface area contributed by atoms with Crippen molar-refractivity contribution in [3.63, 3.8) is 0 Å². The summed E-state index contributed by atoms with van der Waals surface area (Å²) in [7, 11) is 0. The van der Waals surface area contributed by atoms with Crippen LogP contribution in [0.2, 0.25) is 0 Å². The average Bonchev–Trinajstić information content (AvgIpc) is 3.38. The van der Waals surface area contributed by atoms with Crippen molar-refractivity contribution in [2.75, 3.05) is 11.9 Å². The minimum absolute atomic E-state index is 0.162. The summed E-state index contributed by atoms with van der Waals surface area (Å²) in [6.45, 7) is 2.27. The maximum atomic E-state index is 12.4. The highest BCUT2D eigenvalue weighted by Gasteiger charge is 2.34. The summed E-state index contributed by atoms with van der Waals surface area (Å²) in [5.41, 5.74) is 4.56. The molecule has 0 radical (unpaired) electrons. The number of hydrogen-bond acceptors (Lipinski definition) is 5. The second kappa shape index (κ2) is 9.64. The van der Waals surface area contributed by atoms with E-state index in [1.54, 1.807) is 35.6 Å². The molecule has 1 aliphatic rings. The normalized spacial score (nSPS) is 12.7. The molecular weight excluding hydrogens is 458 g/mol. The SMILES string of the molecule is Cc1sc(-c2ccccc2)nc1-c1ccc(NC(=O)CCCN2C(=O)c3ccccc3C2=O)cc1. The van der Waals surface area contributed by atoms with Gasteiger partial charge in [-0.2, -0.15) is 0 Å². The minimum Gasteiger partial charge on any atom is -0.326 e. The summed E-state index contributed by atoms with van der Waals surface area (Å²) in [6.07, 6.45) is 0.608. The van der Waals surface area contributed by atoms with Gasteiger partial charge in [0.15, 0.2) is 0 Å². The quantitative estimate of drug-likeness (QED) is 0.338. The largest absolute Gasteiger partial charge is 0.326 e. The molecule has 0 saturated carbocycles. The average molecular weight is 482 g/mol. The molecule has 0 atom stereocenters. The van der Waals surface area contributed by atoms with Crippen molar-refractivity contribution in [3.05, 3.63) is 94.9 Å². The highest BCUT2D eigenvalue weighted by molar-refractivity contribution is 7.15. The van der Waals surface area contributed by atoms with Gasteiger partial charge in [-0.15, -0.1) is 11.3 Å². The molecule has 1 N–H and O–H groups in total. The number of aromatic nitrogens is 1. The Morgan fingerprint density at radius 3 is 2.14 bits per heavy atom. The van der Waals surface area contributed by atoms with E-state index in [1.165, 1.54) is 4.90 Å². The number of fused-ring (bicyclic) bond motifs is 1. The second-order valence-corrected chi connectivity index (χ2v) is 9.53. The van der Waals surface area contributed by atoms with E-state index in [2.05, 4.69) is 24.4 Å². The summed E-state index contributed by atoms with van der Waals surface area (Å²) in [4.78, 5) is 44.5. The predicted molar refractivity (Wildman–Crippen MR) is 137 cm³/mol. The summed E-state index contributed by atoms with van der Waals surface area (Å²) in [5.74, 6) is -0.755.